The van der Waals surface area contributed by atoms with E-state index in [0.29, 0.717) is 21.5 Å². The van der Waals surface area contributed by atoms with Crippen LogP contribution in [0.15, 0.2) is 40.2 Å². The first-order valence-corrected chi connectivity index (χ1v) is 8.54. The predicted octanol–water partition coefficient (Wildman–Crippen LogP) is 4.93. The van der Waals surface area contributed by atoms with Gasteiger partial charge in [-0.2, -0.15) is 9.36 Å². The molecule has 0 saturated carbocycles. The van der Waals surface area contributed by atoms with E-state index in [9.17, 15) is 4.79 Å². The van der Waals surface area contributed by atoms with E-state index < -0.39 is 0 Å². The lowest BCUT2D eigenvalue weighted by molar-refractivity contribution is 0.102. The van der Waals surface area contributed by atoms with E-state index in [-0.39, 0.29) is 5.91 Å². The second-order valence-corrected chi connectivity index (χ2v) is 7.64. The number of hydrogen-bond acceptors (Lipinski definition) is 5. The summed E-state index contributed by atoms with van der Waals surface area (Å²) in [7, 11) is 0. The Morgan fingerprint density at radius 3 is 2.86 bits per heavy atom. The molecule has 0 aliphatic carbocycles. The van der Waals surface area contributed by atoms with E-state index in [1.165, 1.54) is 11.3 Å². The summed E-state index contributed by atoms with van der Waals surface area (Å²) in [6.07, 6.45) is 0. The van der Waals surface area contributed by atoms with Gasteiger partial charge in [0.1, 0.15) is 0 Å². The summed E-state index contributed by atoms with van der Waals surface area (Å²) >= 11 is 12.0. The molecule has 4 nitrogen and oxygen atoms in total. The van der Waals surface area contributed by atoms with E-state index in [4.69, 9.17) is 11.6 Å². The molecule has 1 N–H and O–H groups in total. The summed E-state index contributed by atoms with van der Waals surface area (Å²) in [5.74, 6) is 0.352. The van der Waals surface area contributed by atoms with Gasteiger partial charge in [0.2, 0.25) is 5.13 Å². The van der Waals surface area contributed by atoms with Crippen LogP contribution in [0.5, 0.6) is 0 Å². The van der Waals surface area contributed by atoms with Gasteiger partial charge >= 0.3 is 0 Å². The van der Waals surface area contributed by atoms with Gasteiger partial charge in [-0.25, -0.2) is 0 Å². The first kappa shape index (κ1) is 14.6. The van der Waals surface area contributed by atoms with Gasteiger partial charge in [0, 0.05) is 22.1 Å². The number of halogens is 2. The molecule has 106 valence electrons. The van der Waals surface area contributed by atoms with Crippen molar-refractivity contribution in [1.82, 2.24) is 9.36 Å². The van der Waals surface area contributed by atoms with Crippen LogP contribution in [0.2, 0.25) is 5.02 Å². The van der Waals surface area contributed by atoms with E-state index in [1.807, 2.05) is 12.1 Å². The third-order valence-corrected chi connectivity index (χ3v) is 5.01. The van der Waals surface area contributed by atoms with Crippen LogP contribution >= 0.6 is 50.4 Å². The zero-order chi connectivity index (χ0) is 14.8. The number of hydrogen-bond donors (Lipinski definition) is 1. The number of thiophene rings is 1. The summed E-state index contributed by atoms with van der Waals surface area (Å²) in [4.78, 5) is 17.3. The standard InChI is InChI=1S/C13H7BrClN3OS2/c14-10-5-4-9(20-10)11-16-13(21-18-11)17-12(19)7-2-1-3-8(15)6-7/h1-6H,(H,16,17,18,19). The lowest BCUT2D eigenvalue weighted by atomic mass is 10.2. The Morgan fingerprint density at radius 2 is 2.14 bits per heavy atom. The number of carbonyl (C=O) groups is 1. The molecule has 3 rings (SSSR count). The van der Waals surface area contributed by atoms with Crippen LogP contribution < -0.4 is 5.32 Å². The van der Waals surface area contributed by atoms with Crippen molar-refractivity contribution in [2.45, 2.75) is 0 Å². The van der Waals surface area contributed by atoms with E-state index in [1.54, 1.807) is 24.3 Å². The second kappa shape index (κ2) is 6.23. The average molecular weight is 401 g/mol. The van der Waals surface area contributed by atoms with Crippen LogP contribution in [0.3, 0.4) is 0 Å². The molecule has 8 heteroatoms. The lowest BCUT2D eigenvalue weighted by Crippen LogP contribution is -2.11. The van der Waals surface area contributed by atoms with Crippen LogP contribution in [-0.2, 0) is 0 Å². The van der Waals surface area contributed by atoms with Gasteiger partial charge in [0.25, 0.3) is 5.91 Å². The summed E-state index contributed by atoms with van der Waals surface area (Å²) in [6, 6.07) is 10.6. The zero-order valence-corrected chi connectivity index (χ0v) is 14.3. The number of amides is 1. The average Bonchev–Trinajstić information content (AvgIpc) is 3.07. The molecule has 0 fully saturated rings. The quantitative estimate of drug-likeness (QED) is 0.678. The first-order valence-electron chi connectivity index (χ1n) is 5.78. The molecule has 0 aliphatic heterocycles. The van der Waals surface area contributed by atoms with Crippen LogP contribution in [0.1, 0.15) is 10.4 Å². The highest BCUT2D eigenvalue weighted by molar-refractivity contribution is 9.11. The third-order valence-electron chi connectivity index (χ3n) is 2.53. The topological polar surface area (TPSA) is 54.9 Å². The number of benzene rings is 1. The maximum Gasteiger partial charge on any atom is 0.257 e. The molecule has 0 spiro atoms. The van der Waals surface area contributed by atoms with Crippen molar-refractivity contribution in [3.63, 3.8) is 0 Å². The molecule has 3 aromatic rings. The molecule has 1 amide bonds. The van der Waals surface area contributed by atoms with Crippen molar-refractivity contribution in [2.75, 3.05) is 5.32 Å². The van der Waals surface area contributed by atoms with Crippen molar-refractivity contribution in [1.29, 1.82) is 0 Å². The van der Waals surface area contributed by atoms with Gasteiger partial charge in [-0.15, -0.1) is 11.3 Å². The summed E-state index contributed by atoms with van der Waals surface area (Å²) in [5, 5.41) is 3.70. The van der Waals surface area contributed by atoms with Gasteiger partial charge in [-0.3, -0.25) is 10.1 Å². The highest BCUT2D eigenvalue weighted by atomic mass is 79.9. The second-order valence-electron chi connectivity index (χ2n) is 3.99. The molecule has 0 radical (unpaired) electrons. The molecule has 0 aliphatic rings. The van der Waals surface area contributed by atoms with Gasteiger partial charge in [0.15, 0.2) is 5.82 Å². The van der Waals surface area contributed by atoms with Crippen LogP contribution in [0.25, 0.3) is 10.7 Å². The molecule has 2 aromatic heterocycles. The number of rotatable bonds is 3. The predicted molar refractivity (Wildman–Crippen MR) is 90.3 cm³/mol. The fourth-order valence-corrected chi connectivity index (χ4v) is 3.75. The number of aromatic nitrogens is 2. The minimum absolute atomic E-state index is 0.257. The fraction of sp³-hybridized carbons (Fsp3) is 0. The monoisotopic (exact) mass is 399 g/mol. The van der Waals surface area contributed by atoms with Crippen molar-refractivity contribution < 1.29 is 4.79 Å². The molecule has 0 saturated heterocycles. The largest absolute Gasteiger partial charge is 0.297 e. The molecule has 21 heavy (non-hydrogen) atoms. The Kier molecular flexibility index (Phi) is 4.34. The third kappa shape index (κ3) is 3.49. The normalized spacial score (nSPS) is 10.6. The smallest absolute Gasteiger partial charge is 0.257 e. The number of anilines is 1. The maximum absolute atomic E-state index is 12.1. The SMILES string of the molecule is O=C(Nc1nc(-c2ccc(Br)s2)ns1)c1cccc(Cl)c1. The van der Waals surface area contributed by atoms with Crippen molar-refractivity contribution in [3.8, 4) is 10.7 Å². The Bertz CT molecular complexity index is 802. The first-order chi connectivity index (χ1) is 10.1. The summed E-state index contributed by atoms with van der Waals surface area (Å²) < 4.78 is 5.25. The highest BCUT2D eigenvalue weighted by Crippen LogP contribution is 2.31. The maximum atomic E-state index is 12.1. The van der Waals surface area contributed by atoms with Crippen LogP contribution in [0, 0.1) is 0 Å². The Hall–Kier alpha value is -1.28. The van der Waals surface area contributed by atoms with Crippen molar-refractivity contribution >= 4 is 61.4 Å². The number of nitrogens with zero attached hydrogens (tertiary/aromatic N) is 2. The fourth-order valence-electron chi connectivity index (χ4n) is 1.61. The Labute approximate surface area is 142 Å². The minimum Gasteiger partial charge on any atom is -0.297 e. The van der Waals surface area contributed by atoms with E-state index in [2.05, 4.69) is 30.6 Å². The Morgan fingerprint density at radius 1 is 1.29 bits per heavy atom. The minimum atomic E-state index is -0.257. The summed E-state index contributed by atoms with van der Waals surface area (Å²) in [6.45, 7) is 0. The van der Waals surface area contributed by atoms with E-state index in [0.717, 1.165) is 20.2 Å². The van der Waals surface area contributed by atoms with Crippen molar-refractivity contribution in [2.24, 2.45) is 0 Å². The van der Waals surface area contributed by atoms with Crippen LogP contribution in [0.4, 0.5) is 5.13 Å². The number of nitrogens with one attached hydrogen (secondary N) is 1. The van der Waals surface area contributed by atoms with Gasteiger partial charge in [-0.05, 0) is 46.3 Å². The van der Waals surface area contributed by atoms with E-state index >= 15 is 0 Å². The molecule has 0 atom stereocenters. The lowest BCUT2D eigenvalue weighted by Gasteiger charge is -2.01. The molecule has 1 aromatic carbocycles. The van der Waals surface area contributed by atoms with Gasteiger partial charge in [-0.1, -0.05) is 17.7 Å². The van der Waals surface area contributed by atoms with Gasteiger partial charge < -0.3 is 0 Å². The Balaban J connectivity index is 1.77. The molecule has 0 bridgehead atoms. The highest BCUT2D eigenvalue weighted by Gasteiger charge is 2.12. The number of carbonyl (C=O) groups excluding carboxylic acids is 1. The van der Waals surface area contributed by atoms with Crippen molar-refractivity contribution in [3.05, 3.63) is 50.8 Å². The molecule has 0 unspecified atom stereocenters. The zero-order valence-electron chi connectivity index (χ0n) is 10.3. The molecule has 2 heterocycles. The molecular weight excluding hydrogens is 394 g/mol. The molecular formula is C13H7BrClN3OS2. The van der Waals surface area contributed by atoms with Gasteiger partial charge in [0.05, 0.1) is 8.66 Å². The van der Waals surface area contributed by atoms with Crippen LogP contribution in [-0.4, -0.2) is 15.3 Å². The summed E-state index contributed by atoms with van der Waals surface area (Å²) in [5.41, 5.74) is 0.484.